The topological polar surface area (TPSA) is 32.3 Å². The molecule has 0 aromatic rings. The maximum absolute atomic E-state index is 12.4. The molecule has 0 saturated carbocycles. The second kappa shape index (κ2) is 6.39. The predicted octanol–water partition coefficient (Wildman–Crippen LogP) is 2.41. The summed E-state index contributed by atoms with van der Waals surface area (Å²) in [6, 6.07) is 0. The van der Waals surface area contributed by atoms with Crippen LogP contribution >= 0.6 is 0 Å². The first-order chi connectivity index (χ1) is 8.01. The standard InChI is InChI=1S/C14H28N2O/c1-5-12-8-7-10-16(11-9-12)13(17)14(3,4)15-6-2/h12,15H,5-11H2,1-4H3. The maximum atomic E-state index is 12.4. The van der Waals surface area contributed by atoms with Gasteiger partial charge in [0.1, 0.15) is 0 Å². The van der Waals surface area contributed by atoms with Gasteiger partial charge in [-0.15, -0.1) is 0 Å². The van der Waals surface area contributed by atoms with Gasteiger partial charge >= 0.3 is 0 Å². The lowest BCUT2D eigenvalue weighted by molar-refractivity contribution is -0.137. The molecule has 0 aromatic carbocycles. The average Bonchev–Trinajstić information content (AvgIpc) is 2.52. The van der Waals surface area contributed by atoms with Crippen molar-refractivity contribution in [2.45, 2.75) is 58.9 Å². The van der Waals surface area contributed by atoms with E-state index < -0.39 is 5.54 Å². The van der Waals surface area contributed by atoms with Gasteiger partial charge in [0, 0.05) is 13.1 Å². The lowest BCUT2D eigenvalue weighted by atomic mass is 9.98. The fourth-order valence-electron chi connectivity index (χ4n) is 2.69. The Balaban J connectivity index is 2.57. The van der Waals surface area contributed by atoms with Crippen LogP contribution in [-0.2, 0) is 4.79 Å². The van der Waals surface area contributed by atoms with Gasteiger partial charge in [-0.05, 0) is 45.6 Å². The van der Waals surface area contributed by atoms with Crippen molar-refractivity contribution in [1.82, 2.24) is 10.2 Å². The molecule has 0 spiro atoms. The van der Waals surface area contributed by atoms with Crippen molar-refractivity contribution in [2.24, 2.45) is 5.92 Å². The van der Waals surface area contributed by atoms with Gasteiger partial charge in [0.05, 0.1) is 5.54 Å². The van der Waals surface area contributed by atoms with E-state index in [0.717, 1.165) is 32.0 Å². The molecular formula is C14H28N2O. The second-order valence-electron chi connectivity index (χ2n) is 5.65. The Morgan fingerprint density at radius 3 is 2.59 bits per heavy atom. The summed E-state index contributed by atoms with van der Waals surface area (Å²) in [5.41, 5.74) is -0.416. The van der Waals surface area contributed by atoms with Crippen LogP contribution in [0.4, 0.5) is 0 Å². The molecule has 1 aliphatic rings. The molecule has 1 N–H and O–H groups in total. The van der Waals surface area contributed by atoms with Crippen LogP contribution in [0.25, 0.3) is 0 Å². The molecule has 3 nitrogen and oxygen atoms in total. The van der Waals surface area contributed by atoms with Crippen molar-refractivity contribution >= 4 is 5.91 Å². The second-order valence-corrected chi connectivity index (χ2v) is 5.65. The molecule has 1 rings (SSSR count). The molecule has 0 bridgehead atoms. The number of hydrogen-bond acceptors (Lipinski definition) is 2. The first-order valence-electron chi connectivity index (χ1n) is 7.05. The Bertz CT molecular complexity index is 251. The van der Waals surface area contributed by atoms with Crippen LogP contribution in [0.3, 0.4) is 0 Å². The number of nitrogens with zero attached hydrogens (tertiary/aromatic N) is 1. The summed E-state index contributed by atoms with van der Waals surface area (Å²) < 4.78 is 0. The third-order valence-electron chi connectivity index (χ3n) is 3.87. The molecule has 1 unspecified atom stereocenters. The Morgan fingerprint density at radius 1 is 1.29 bits per heavy atom. The maximum Gasteiger partial charge on any atom is 0.242 e. The SMILES string of the molecule is CCNC(C)(C)C(=O)N1CCCC(CC)CC1. The molecule has 100 valence electrons. The van der Waals surface area contributed by atoms with E-state index >= 15 is 0 Å². The third-order valence-corrected chi connectivity index (χ3v) is 3.87. The van der Waals surface area contributed by atoms with Crippen molar-refractivity contribution < 1.29 is 4.79 Å². The number of likely N-dealkylation sites (tertiary alicyclic amines) is 1. The molecule has 17 heavy (non-hydrogen) atoms. The van der Waals surface area contributed by atoms with Crippen molar-refractivity contribution in [3.05, 3.63) is 0 Å². The summed E-state index contributed by atoms with van der Waals surface area (Å²) in [7, 11) is 0. The number of rotatable bonds is 4. The highest BCUT2D eigenvalue weighted by Crippen LogP contribution is 2.21. The van der Waals surface area contributed by atoms with Crippen molar-refractivity contribution in [3.63, 3.8) is 0 Å². The highest BCUT2D eigenvalue weighted by molar-refractivity contribution is 5.85. The van der Waals surface area contributed by atoms with Crippen LogP contribution in [0.1, 0.15) is 53.4 Å². The van der Waals surface area contributed by atoms with E-state index in [2.05, 4.69) is 17.1 Å². The summed E-state index contributed by atoms with van der Waals surface area (Å²) >= 11 is 0. The number of hydrogen-bond donors (Lipinski definition) is 1. The van der Waals surface area contributed by atoms with Gasteiger partial charge in [0.15, 0.2) is 0 Å². The Labute approximate surface area is 106 Å². The highest BCUT2D eigenvalue weighted by atomic mass is 16.2. The molecule has 3 heteroatoms. The minimum absolute atomic E-state index is 0.260. The smallest absolute Gasteiger partial charge is 0.242 e. The number of nitrogens with one attached hydrogen (secondary N) is 1. The highest BCUT2D eigenvalue weighted by Gasteiger charge is 2.31. The van der Waals surface area contributed by atoms with E-state index in [4.69, 9.17) is 0 Å². The van der Waals surface area contributed by atoms with E-state index in [-0.39, 0.29) is 5.91 Å². The normalized spacial score (nSPS) is 22.4. The molecule has 0 aliphatic carbocycles. The Kier molecular flexibility index (Phi) is 5.44. The molecule has 1 fully saturated rings. The summed E-state index contributed by atoms with van der Waals surface area (Å²) in [6.45, 7) is 11.0. The molecule has 1 atom stereocenters. The van der Waals surface area contributed by atoms with Crippen LogP contribution in [0, 0.1) is 5.92 Å². The van der Waals surface area contributed by atoms with Crippen LogP contribution in [0.2, 0.25) is 0 Å². The van der Waals surface area contributed by atoms with Gasteiger partial charge in [-0.1, -0.05) is 20.3 Å². The van der Waals surface area contributed by atoms with Gasteiger partial charge in [0.25, 0.3) is 0 Å². The minimum atomic E-state index is -0.416. The average molecular weight is 240 g/mol. The van der Waals surface area contributed by atoms with E-state index in [1.807, 2.05) is 20.8 Å². The largest absolute Gasteiger partial charge is 0.341 e. The summed E-state index contributed by atoms with van der Waals surface area (Å²) in [6.07, 6.45) is 4.86. The van der Waals surface area contributed by atoms with E-state index in [1.54, 1.807) is 0 Å². The van der Waals surface area contributed by atoms with Crippen LogP contribution in [0.5, 0.6) is 0 Å². The molecule has 1 amide bonds. The van der Waals surface area contributed by atoms with Gasteiger partial charge < -0.3 is 10.2 Å². The zero-order valence-corrected chi connectivity index (χ0v) is 11.9. The molecular weight excluding hydrogens is 212 g/mol. The number of likely N-dealkylation sites (N-methyl/N-ethyl adjacent to an activating group) is 1. The fraction of sp³-hybridized carbons (Fsp3) is 0.929. The Morgan fingerprint density at radius 2 is 2.00 bits per heavy atom. The fourth-order valence-corrected chi connectivity index (χ4v) is 2.69. The lowest BCUT2D eigenvalue weighted by Crippen LogP contribution is -2.54. The van der Waals surface area contributed by atoms with Crippen LogP contribution in [-0.4, -0.2) is 36.0 Å². The van der Waals surface area contributed by atoms with Crippen LogP contribution < -0.4 is 5.32 Å². The zero-order valence-electron chi connectivity index (χ0n) is 11.9. The summed E-state index contributed by atoms with van der Waals surface area (Å²) in [4.78, 5) is 14.5. The zero-order chi connectivity index (χ0) is 12.9. The third kappa shape index (κ3) is 3.98. The lowest BCUT2D eigenvalue weighted by Gasteiger charge is -2.31. The molecule has 1 heterocycles. The molecule has 1 saturated heterocycles. The van der Waals surface area contributed by atoms with E-state index in [1.165, 1.54) is 19.3 Å². The summed E-state index contributed by atoms with van der Waals surface area (Å²) in [5, 5.41) is 3.27. The first kappa shape index (κ1) is 14.5. The van der Waals surface area contributed by atoms with Gasteiger partial charge in [-0.25, -0.2) is 0 Å². The first-order valence-corrected chi connectivity index (χ1v) is 7.05. The van der Waals surface area contributed by atoms with Gasteiger partial charge in [-0.3, -0.25) is 4.79 Å². The molecule has 0 radical (unpaired) electrons. The number of carbonyl (C=O) groups is 1. The number of amides is 1. The van der Waals surface area contributed by atoms with E-state index in [0.29, 0.717) is 0 Å². The van der Waals surface area contributed by atoms with Crippen molar-refractivity contribution in [2.75, 3.05) is 19.6 Å². The predicted molar refractivity (Wildman–Crippen MR) is 72.0 cm³/mol. The molecule has 1 aliphatic heterocycles. The van der Waals surface area contributed by atoms with Crippen LogP contribution in [0.15, 0.2) is 0 Å². The van der Waals surface area contributed by atoms with Crippen molar-refractivity contribution in [1.29, 1.82) is 0 Å². The number of carbonyl (C=O) groups excluding carboxylic acids is 1. The van der Waals surface area contributed by atoms with Gasteiger partial charge in [-0.2, -0.15) is 0 Å². The van der Waals surface area contributed by atoms with E-state index in [9.17, 15) is 4.79 Å². The summed E-state index contributed by atoms with van der Waals surface area (Å²) in [5.74, 6) is 1.08. The molecule has 0 aromatic heterocycles. The van der Waals surface area contributed by atoms with Gasteiger partial charge in [0.2, 0.25) is 5.91 Å². The van der Waals surface area contributed by atoms with Crippen molar-refractivity contribution in [3.8, 4) is 0 Å². The quantitative estimate of drug-likeness (QED) is 0.818. The monoisotopic (exact) mass is 240 g/mol. The minimum Gasteiger partial charge on any atom is -0.341 e. The Hall–Kier alpha value is -0.570.